The molecule has 2 heteroatoms. The largest absolute Gasteiger partial charge is 0.375 e. The van der Waals surface area contributed by atoms with Crippen LogP contribution in [0.4, 0.5) is 5.69 Å². The Hall–Kier alpha value is -1.83. The summed E-state index contributed by atoms with van der Waals surface area (Å²) < 4.78 is 0. The third kappa shape index (κ3) is 2.10. The van der Waals surface area contributed by atoms with E-state index in [9.17, 15) is 0 Å². The fraction of sp³-hybridized carbons (Fsp3) is 0.312. The lowest BCUT2D eigenvalue weighted by molar-refractivity contribution is 0.509. The molecular weight excluding hydrogens is 220 g/mol. The fourth-order valence-electron chi connectivity index (χ4n) is 2.93. The molecule has 1 aliphatic carbocycles. The number of hydrogen-bond acceptors (Lipinski definition) is 2. The van der Waals surface area contributed by atoms with Crippen molar-refractivity contribution >= 4 is 5.69 Å². The Kier molecular flexibility index (Phi) is 3.01. The SMILES string of the molecule is c1ccc(C2(Nc3ccncc3)CCCC2)cc1. The van der Waals surface area contributed by atoms with Crippen molar-refractivity contribution in [2.24, 2.45) is 0 Å². The minimum Gasteiger partial charge on any atom is -0.375 e. The first kappa shape index (κ1) is 11.3. The van der Waals surface area contributed by atoms with E-state index >= 15 is 0 Å². The van der Waals surface area contributed by atoms with Gasteiger partial charge in [-0.1, -0.05) is 43.2 Å². The first-order valence-corrected chi connectivity index (χ1v) is 6.63. The summed E-state index contributed by atoms with van der Waals surface area (Å²) in [6.07, 6.45) is 8.70. The summed E-state index contributed by atoms with van der Waals surface area (Å²) in [5.41, 5.74) is 2.68. The molecule has 1 saturated carbocycles. The highest BCUT2D eigenvalue weighted by molar-refractivity contribution is 5.47. The lowest BCUT2D eigenvalue weighted by atomic mass is 9.88. The van der Waals surface area contributed by atoms with Crippen LogP contribution in [0.5, 0.6) is 0 Å². The fourth-order valence-corrected chi connectivity index (χ4v) is 2.93. The lowest BCUT2D eigenvalue weighted by Crippen LogP contribution is -2.31. The normalized spacial score (nSPS) is 17.6. The summed E-state index contributed by atoms with van der Waals surface area (Å²) in [6, 6.07) is 14.9. The van der Waals surface area contributed by atoms with Crippen LogP contribution in [0.2, 0.25) is 0 Å². The Labute approximate surface area is 108 Å². The highest BCUT2D eigenvalue weighted by atomic mass is 15.0. The quantitative estimate of drug-likeness (QED) is 0.875. The molecule has 2 aromatic rings. The minimum absolute atomic E-state index is 0.114. The van der Waals surface area contributed by atoms with Crippen LogP contribution in [0.15, 0.2) is 54.9 Å². The van der Waals surface area contributed by atoms with Crippen LogP contribution in [-0.4, -0.2) is 4.98 Å². The predicted octanol–water partition coefficient (Wildman–Crippen LogP) is 3.96. The van der Waals surface area contributed by atoms with Crippen LogP contribution in [0, 0.1) is 0 Å². The van der Waals surface area contributed by atoms with E-state index in [1.807, 2.05) is 24.5 Å². The average Bonchev–Trinajstić information content (AvgIpc) is 2.91. The van der Waals surface area contributed by atoms with E-state index in [0.29, 0.717) is 0 Å². The number of benzene rings is 1. The molecule has 0 saturated heterocycles. The molecule has 1 heterocycles. The van der Waals surface area contributed by atoms with Gasteiger partial charge in [0.15, 0.2) is 0 Å². The summed E-state index contributed by atoms with van der Waals surface area (Å²) in [5.74, 6) is 0. The topological polar surface area (TPSA) is 24.9 Å². The number of nitrogens with one attached hydrogen (secondary N) is 1. The van der Waals surface area contributed by atoms with Crippen molar-refractivity contribution < 1.29 is 0 Å². The molecule has 1 aromatic carbocycles. The highest BCUT2D eigenvalue weighted by Crippen LogP contribution is 2.41. The molecule has 0 amide bonds. The molecule has 0 bridgehead atoms. The van der Waals surface area contributed by atoms with Gasteiger partial charge in [-0.2, -0.15) is 0 Å². The van der Waals surface area contributed by atoms with Gasteiger partial charge in [-0.3, -0.25) is 4.98 Å². The van der Waals surface area contributed by atoms with Gasteiger partial charge >= 0.3 is 0 Å². The number of pyridine rings is 1. The molecule has 18 heavy (non-hydrogen) atoms. The molecule has 2 nitrogen and oxygen atoms in total. The summed E-state index contributed by atoms with van der Waals surface area (Å²) >= 11 is 0. The smallest absolute Gasteiger partial charge is 0.0625 e. The van der Waals surface area contributed by atoms with E-state index < -0.39 is 0 Å². The van der Waals surface area contributed by atoms with Gasteiger partial charge < -0.3 is 5.32 Å². The van der Waals surface area contributed by atoms with E-state index in [0.717, 1.165) is 5.69 Å². The van der Waals surface area contributed by atoms with Crippen molar-refractivity contribution in [3.05, 3.63) is 60.4 Å². The molecular formula is C16H18N2. The molecule has 3 rings (SSSR count). The Morgan fingerprint density at radius 1 is 0.889 bits per heavy atom. The maximum absolute atomic E-state index is 4.08. The van der Waals surface area contributed by atoms with Crippen molar-refractivity contribution in [1.82, 2.24) is 4.98 Å². The van der Waals surface area contributed by atoms with Gasteiger partial charge in [0, 0.05) is 18.1 Å². The lowest BCUT2D eigenvalue weighted by Gasteiger charge is -2.32. The Morgan fingerprint density at radius 3 is 2.22 bits per heavy atom. The summed E-state index contributed by atoms with van der Waals surface area (Å²) in [7, 11) is 0. The van der Waals surface area contributed by atoms with Crippen molar-refractivity contribution in [3.8, 4) is 0 Å². The van der Waals surface area contributed by atoms with Crippen LogP contribution in [-0.2, 0) is 5.54 Å². The Balaban J connectivity index is 1.93. The van der Waals surface area contributed by atoms with Gasteiger partial charge in [0.1, 0.15) is 0 Å². The first-order valence-electron chi connectivity index (χ1n) is 6.63. The Bertz CT molecular complexity index is 487. The van der Waals surface area contributed by atoms with Crippen molar-refractivity contribution in [2.45, 2.75) is 31.2 Å². The predicted molar refractivity (Wildman–Crippen MR) is 74.4 cm³/mol. The second-order valence-corrected chi connectivity index (χ2v) is 5.02. The van der Waals surface area contributed by atoms with Gasteiger partial charge in [-0.05, 0) is 30.5 Å². The Morgan fingerprint density at radius 2 is 1.56 bits per heavy atom. The number of rotatable bonds is 3. The van der Waals surface area contributed by atoms with Crippen LogP contribution < -0.4 is 5.32 Å². The van der Waals surface area contributed by atoms with E-state index in [4.69, 9.17) is 0 Å². The van der Waals surface area contributed by atoms with E-state index in [1.165, 1.54) is 31.2 Å². The van der Waals surface area contributed by atoms with E-state index in [2.05, 4.69) is 40.6 Å². The van der Waals surface area contributed by atoms with Crippen LogP contribution in [0.3, 0.4) is 0 Å². The molecule has 0 aliphatic heterocycles. The number of aromatic nitrogens is 1. The second kappa shape index (κ2) is 4.81. The number of nitrogens with zero attached hydrogens (tertiary/aromatic N) is 1. The zero-order valence-corrected chi connectivity index (χ0v) is 10.5. The minimum atomic E-state index is 0.114. The highest BCUT2D eigenvalue weighted by Gasteiger charge is 2.35. The van der Waals surface area contributed by atoms with Gasteiger partial charge in [0.2, 0.25) is 0 Å². The monoisotopic (exact) mass is 238 g/mol. The molecule has 1 aliphatic rings. The molecule has 1 fully saturated rings. The third-order valence-corrected chi connectivity index (χ3v) is 3.85. The van der Waals surface area contributed by atoms with Crippen LogP contribution in [0.25, 0.3) is 0 Å². The zero-order chi connectivity index (χ0) is 12.3. The summed E-state index contributed by atoms with van der Waals surface area (Å²) in [5, 5.41) is 3.73. The van der Waals surface area contributed by atoms with Crippen molar-refractivity contribution in [1.29, 1.82) is 0 Å². The van der Waals surface area contributed by atoms with Gasteiger partial charge in [-0.15, -0.1) is 0 Å². The average molecular weight is 238 g/mol. The molecule has 0 radical (unpaired) electrons. The molecule has 0 spiro atoms. The molecule has 0 unspecified atom stereocenters. The van der Waals surface area contributed by atoms with Gasteiger partial charge in [0.25, 0.3) is 0 Å². The number of anilines is 1. The third-order valence-electron chi connectivity index (χ3n) is 3.85. The van der Waals surface area contributed by atoms with Crippen LogP contribution >= 0.6 is 0 Å². The number of hydrogen-bond donors (Lipinski definition) is 1. The van der Waals surface area contributed by atoms with Crippen molar-refractivity contribution in [3.63, 3.8) is 0 Å². The van der Waals surface area contributed by atoms with E-state index in [1.54, 1.807) is 0 Å². The zero-order valence-electron chi connectivity index (χ0n) is 10.5. The van der Waals surface area contributed by atoms with E-state index in [-0.39, 0.29) is 5.54 Å². The molecule has 1 aromatic heterocycles. The van der Waals surface area contributed by atoms with Crippen LogP contribution in [0.1, 0.15) is 31.2 Å². The molecule has 0 atom stereocenters. The summed E-state index contributed by atoms with van der Waals surface area (Å²) in [6.45, 7) is 0. The second-order valence-electron chi connectivity index (χ2n) is 5.02. The maximum atomic E-state index is 4.08. The summed E-state index contributed by atoms with van der Waals surface area (Å²) in [4.78, 5) is 4.08. The van der Waals surface area contributed by atoms with Crippen molar-refractivity contribution in [2.75, 3.05) is 5.32 Å². The molecule has 92 valence electrons. The van der Waals surface area contributed by atoms with Gasteiger partial charge in [0.05, 0.1) is 5.54 Å². The first-order chi connectivity index (χ1) is 8.89. The standard InChI is InChI=1S/C16H18N2/c1-2-6-14(7-3-1)16(10-4-5-11-16)18-15-8-12-17-13-9-15/h1-3,6-9,12-13H,4-5,10-11H2,(H,17,18). The molecule has 1 N–H and O–H groups in total. The maximum Gasteiger partial charge on any atom is 0.0625 e. The van der Waals surface area contributed by atoms with Gasteiger partial charge in [-0.25, -0.2) is 0 Å².